The van der Waals surface area contributed by atoms with Gasteiger partial charge in [0.25, 0.3) is 0 Å². The highest BCUT2D eigenvalue weighted by Crippen LogP contribution is 2.17. The fourth-order valence-corrected chi connectivity index (χ4v) is 2.19. The second-order valence-corrected chi connectivity index (χ2v) is 5.81. The number of aromatic nitrogens is 1. The van der Waals surface area contributed by atoms with Crippen molar-refractivity contribution in [3.05, 3.63) is 53.7 Å². The first kappa shape index (κ1) is 24.8. The number of rotatable bonds is 8. The summed E-state index contributed by atoms with van der Waals surface area (Å²) in [6.45, 7) is 2.19. The molecule has 29 heavy (non-hydrogen) atoms. The molecule has 1 aromatic heterocycles. The SMILES string of the molecule is CCNC(=NCc1ccc(OCC(F)(F)F)nc1)NCc1ccc(OC)cc1.I. The van der Waals surface area contributed by atoms with Crippen LogP contribution >= 0.6 is 24.0 Å². The van der Waals surface area contributed by atoms with Crippen molar-refractivity contribution in [3.63, 3.8) is 0 Å². The fraction of sp³-hybridized carbons (Fsp3) is 0.368. The Kier molecular flexibility index (Phi) is 10.6. The first-order valence-corrected chi connectivity index (χ1v) is 8.69. The van der Waals surface area contributed by atoms with E-state index in [-0.39, 0.29) is 29.9 Å². The Morgan fingerprint density at radius 3 is 2.31 bits per heavy atom. The maximum absolute atomic E-state index is 12.1. The number of nitrogens with zero attached hydrogens (tertiary/aromatic N) is 2. The molecule has 1 aromatic carbocycles. The molecule has 0 aliphatic heterocycles. The van der Waals surface area contributed by atoms with Crippen LogP contribution in [0.3, 0.4) is 0 Å². The van der Waals surface area contributed by atoms with Crippen LogP contribution in [-0.2, 0) is 13.1 Å². The standard InChI is InChI=1S/C19H23F3N4O2.HI/c1-3-23-18(25-10-14-4-7-16(27-2)8-5-14)26-12-15-6-9-17(24-11-15)28-13-19(20,21)22;/h4-9,11H,3,10,12-13H2,1-2H3,(H2,23,25,26);1H. The van der Waals surface area contributed by atoms with E-state index in [1.807, 2.05) is 31.2 Å². The Labute approximate surface area is 184 Å². The van der Waals surface area contributed by atoms with Gasteiger partial charge in [0.1, 0.15) is 5.75 Å². The van der Waals surface area contributed by atoms with Crippen LogP contribution in [0.4, 0.5) is 13.2 Å². The molecule has 2 aromatic rings. The van der Waals surface area contributed by atoms with E-state index in [2.05, 4.69) is 25.3 Å². The third kappa shape index (κ3) is 9.68. The van der Waals surface area contributed by atoms with E-state index in [9.17, 15) is 13.2 Å². The van der Waals surface area contributed by atoms with Crippen LogP contribution in [0.1, 0.15) is 18.1 Å². The van der Waals surface area contributed by atoms with Crippen LogP contribution < -0.4 is 20.1 Å². The summed E-state index contributed by atoms with van der Waals surface area (Å²) >= 11 is 0. The lowest BCUT2D eigenvalue weighted by Crippen LogP contribution is -2.36. The molecule has 0 fully saturated rings. The summed E-state index contributed by atoms with van der Waals surface area (Å²) in [7, 11) is 1.62. The summed E-state index contributed by atoms with van der Waals surface area (Å²) in [4.78, 5) is 8.33. The number of ether oxygens (including phenoxy) is 2. The van der Waals surface area contributed by atoms with Crippen molar-refractivity contribution < 1.29 is 22.6 Å². The quantitative estimate of drug-likeness (QED) is 0.312. The van der Waals surface area contributed by atoms with E-state index < -0.39 is 12.8 Å². The van der Waals surface area contributed by atoms with E-state index in [0.29, 0.717) is 25.6 Å². The molecular formula is C19H24F3IN4O2. The maximum atomic E-state index is 12.1. The average molecular weight is 524 g/mol. The van der Waals surface area contributed by atoms with Gasteiger partial charge in [-0.1, -0.05) is 18.2 Å². The molecule has 0 unspecified atom stereocenters. The maximum Gasteiger partial charge on any atom is 0.422 e. The van der Waals surface area contributed by atoms with Crippen molar-refractivity contribution in [3.8, 4) is 11.6 Å². The summed E-state index contributed by atoms with van der Waals surface area (Å²) in [6.07, 6.45) is -2.94. The van der Waals surface area contributed by atoms with Crippen LogP contribution in [0, 0.1) is 0 Å². The number of hydrogen-bond donors (Lipinski definition) is 2. The Morgan fingerprint density at radius 1 is 1.07 bits per heavy atom. The van der Waals surface area contributed by atoms with Crippen LogP contribution in [0.25, 0.3) is 0 Å². The average Bonchev–Trinajstić information content (AvgIpc) is 2.69. The summed E-state index contributed by atoms with van der Waals surface area (Å²) in [6, 6.07) is 10.7. The predicted molar refractivity (Wildman–Crippen MR) is 116 cm³/mol. The zero-order valence-electron chi connectivity index (χ0n) is 16.1. The first-order valence-electron chi connectivity index (χ1n) is 8.69. The highest BCUT2D eigenvalue weighted by molar-refractivity contribution is 14.0. The van der Waals surface area contributed by atoms with Crippen molar-refractivity contribution in [2.24, 2.45) is 4.99 Å². The molecule has 160 valence electrons. The molecule has 0 aliphatic carbocycles. The number of aliphatic imine (C=N–C) groups is 1. The summed E-state index contributed by atoms with van der Waals surface area (Å²) in [5, 5.41) is 6.36. The molecule has 10 heteroatoms. The molecular weight excluding hydrogens is 500 g/mol. The normalized spacial score (nSPS) is 11.4. The summed E-state index contributed by atoms with van der Waals surface area (Å²) in [5.74, 6) is 1.34. The molecule has 2 rings (SSSR count). The van der Waals surface area contributed by atoms with Gasteiger partial charge in [-0.2, -0.15) is 13.2 Å². The van der Waals surface area contributed by atoms with Gasteiger partial charge in [-0.05, 0) is 30.2 Å². The van der Waals surface area contributed by atoms with Gasteiger partial charge in [-0.25, -0.2) is 9.98 Å². The molecule has 0 atom stereocenters. The van der Waals surface area contributed by atoms with Gasteiger partial charge in [-0.3, -0.25) is 0 Å². The van der Waals surface area contributed by atoms with E-state index in [4.69, 9.17) is 4.74 Å². The van der Waals surface area contributed by atoms with Crippen LogP contribution in [0.2, 0.25) is 0 Å². The molecule has 0 saturated heterocycles. The van der Waals surface area contributed by atoms with Crippen LogP contribution in [-0.4, -0.2) is 37.4 Å². The Balaban J connectivity index is 0.00000420. The lowest BCUT2D eigenvalue weighted by atomic mass is 10.2. The number of alkyl halides is 3. The minimum atomic E-state index is -4.39. The number of pyridine rings is 1. The van der Waals surface area contributed by atoms with E-state index >= 15 is 0 Å². The minimum absolute atomic E-state index is 0. The van der Waals surface area contributed by atoms with Gasteiger partial charge in [0.15, 0.2) is 12.6 Å². The predicted octanol–water partition coefficient (Wildman–Crippen LogP) is 3.90. The number of methoxy groups -OCH3 is 1. The van der Waals surface area contributed by atoms with Gasteiger partial charge in [0, 0.05) is 25.4 Å². The molecule has 0 bridgehead atoms. The molecule has 2 N–H and O–H groups in total. The molecule has 0 spiro atoms. The number of nitrogens with one attached hydrogen (secondary N) is 2. The van der Waals surface area contributed by atoms with Gasteiger partial charge in [0.05, 0.1) is 13.7 Å². The van der Waals surface area contributed by atoms with Gasteiger partial charge < -0.3 is 20.1 Å². The van der Waals surface area contributed by atoms with Crippen molar-refractivity contribution in [2.75, 3.05) is 20.3 Å². The van der Waals surface area contributed by atoms with Gasteiger partial charge in [0.2, 0.25) is 5.88 Å². The van der Waals surface area contributed by atoms with Crippen molar-refractivity contribution in [1.29, 1.82) is 0 Å². The fourth-order valence-electron chi connectivity index (χ4n) is 2.19. The van der Waals surface area contributed by atoms with E-state index in [0.717, 1.165) is 16.9 Å². The van der Waals surface area contributed by atoms with Crippen molar-refractivity contribution in [1.82, 2.24) is 15.6 Å². The zero-order valence-corrected chi connectivity index (χ0v) is 18.5. The first-order chi connectivity index (χ1) is 13.4. The molecule has 0 radical (unpaired) electrons. The monoisotopic (exact) mass is 524 g/mol. The van der Waals surface area contributed by atoms with Gasteiger partial charge in [-0.15, -0.1) is 24.0 Å². The Hall–Kier alpha value is -2.24. The van der Waals surface area contributed by atoms with Crippen molar-refractivity contribution >= 4 is 29.9 Å². The summed E-state index contributed by atoms with van der Waals surface area (Å²) < 4.78 is 46.2. The molecule has 0 amide bonds. The minimum Gasteiger partial charge on any atom is -0.497 e. The number of halogens is 4. The molecule has 0 saturated carbocycles. The second kappa shape index (κ2) is 12.3. The Bertz CT molecular complexity index is 754. The highest BCUT2D eigenvalue weighted by Gasteiger charge is 2.28. The number of guanidine groups is 1. The van der Waals surface area contributed by atoms with E-state index in [1.165, 1.54) is 12.3 Å². The van der Waals surface area contributed by atoms with Crippen LogP contribution in [0.5, 0.6) is 11.6 Å². The van der Waals surface area contributed by atoms with Crippen LogP contribution in [0.15, 0.2) is 47.6 Å². The molecule has 0 aliphatic rings. The second-order valence-electron chi connectivity index (χ2n) is 5.81. The van der Waals surface area contributed by atoms with E-state index in [1.54, 1.807) is 13.2 Å². The highest BCUT2D eigenvalue weighted by atomic mass is 127. The van der Waals surface area contributed by atoms with Gasteiger partial charge >= 0.3 is 6.18 Å². The number of hydrogen-bond acceptors (Lipinski definition) is 4. The Morgan fingerprint density at radius 2 is 1.76 bits per heavy atom. The van der Waals surface area contributed by atoms with Crippen molar-refractivity contribution in [2.45, 2.75) is 26.2 Å². The zero-order chi connectivity index (χ0) is 20.4. The topological polar surface area (TPSA) is 67.8 Å². The third-order valence-corrected chi connectivity index (χ3v) is 3.56. The molecule has 1 heterocycles. The lowest BCUT2D eigenvalue weighted by molar-refractivity contribution is -0.154. The summed E-state index contributed by atoms with van der Waals surface area (Å²) in [5.41, 5.74) is 1.82. The third-order valence-electron chi connectivity index (χ3n) is 3.56. The number of benzene rings is 1. The largest absolute Gasteiger partial charge is 0.497 e. The molecule has 6 nitrogen and oxygen atoms in total. The lowest BCUT2D eigenvalue weighted by Gasteiger charge is -2.12. The smallest absolute Gasteiger partial charge is 0.422 e.